The lowest BCUT2D eigenvalue weighted by Crippen LogP contribution is -2.30. The molecule has 0 aromatic heterocycles. The van der Waals surface area contributed by atoms with Crippen LogP contribution in [0.3, 0.4) is 0 Å². The van der Waals surface area contributed by atoms with E-state index in [0.29, 0.717) is 0 Å². The van der Waals surface area contributed by atoms with E-state index < -0.39 is 7.26 Å². The van der Waals surface area contributed by atoms with Crippen molar-refractivity contribution in [3.63, 3.8) is 0 Å². The van der Waals surface area contributed by atoms with Crippen LogP contribution in [0.2, 0.25) is 0 Å². The Bertz CT molecular complexity index is 503. The van der Waals surface area contributed by atoms with Crippen molar-refractivity contribution in [2.45, 2.75) is 88.9 Å². The molecule has 0 amide bonds. The largest absolute Gasteiger partial charge is 0.304 e. The third kappa shape index (κ3) is 3.36. The molecule has 2 fully saturated rings. The fraction of sp³-hybridized carbons (Fsp3) is 0.667. The average molecular weight is 351 g/mol. The molecule has 1 aromatic rings. The zero-order chi connectivity index (χ0) is 16.5. The molecule has 0 N–H and O–H groups in total. The third-order valence-corrected chi connectivity index (χ3v) is 12.1. The molecule has 1 aromatic carbocycles. The molecular formula is C21H32ClP. The summed E-state index contributed by atoms with van der Waals surface area (Å²) in [6, 6.07) is 9.51. The van der Waals surface area contributed by atoms with Crippen LogP contribution in [0.4, 0.5) is 0 Å². The first kappa shape index (κ1) is 17.8. The van der Waals surface area contributed by atoms with E-state index in [2.05, 4.69) is 50.7 Å². The van der Waals surface area contributed by atoms with E-state index in [1.165, 1.54) is 56.9 Å². The van der Waals surface area contributed by atoms with Crippen LogP contribution in [-0.4, -0.2) is 11.3 Å². The molecule has 0 radical (unpaired) electrons. The summed E-state index contributed by atoms with van der Waals surface area (Å²) in [6.07, 6.45) is 11.2. The van der Waals surface area contributed by atoms with Crippen molar-refractivity contribution in [1.29, 1.82) is 0 Å². The van der Waals surface area contributed by atoms with E-state index >= 15 is 0 Å². The van der Waals surface area contributed by atoms with E-state index in [4.69, 9.17) is 11.6 Å². The Labute approximate surface area is 148 Å². The number of benzene rings is 1. The van der Waals surface area contributed by atoms with Crippen LogP contribution in [0, 0.1) is 5.62 Å². The van der Waals surface area contributed by atoms with Crippen molar-refractivity contribution in [1.82, 2.24) is 0 Å². The third-order valence-electron chi connectivity index (χ3n) is 6.18. The Kier molecular flexibility index (Phi) is 5.44. The highest BCUT2D eigenvalue weighted by molar-refractivity contribution is 7.87. The Morgan fingerprint density at radius 2 is 1.48 bits per heavy atom. The zero-order valence-corrected chi connectivity index (χ0v) is 16.7. The molecule has 2 aliphatic carbocycles. The molecule has 0 nitrogen and oxygen atoms in total. The van der Waals surface area contributed by atoms with Crippen molar-refractivity contribution < 1.29 is 0 Å². The number of rotatable bonds is 4. The molecule has 0 atom stereocenters. The lowest BCUT2D eigenvalue weighted by atomic mass is 9.87. The maximum atomic E-state index is 6.71. The Morgan fingerprint density at radius 3 is 1.91 bits per heavy atom. The van der Waals surface area contributed by atoms with Crippen molar-refractivity contribution in [3.05, 3.63) is 35.5 Å². The summed E-state index contributed by atoms with van der Waals surface area (Å²) < 4.78 is 0. The minimum absolute atomic E-state index is 0.212. The highest BCUT2D eigenvalue weighted by atomic mass is 35.5. The number of hydrogen-bond donors (Lipinski definition) is 0. The van der Waals surface area contributed by atoms with Crippen LogP contribution in [0.1, 0.15) is 77.7 Å². The van der Waals surface area contributed by atoms with E-state index in [-0.39, 0.29) is 5.41 Å². The van der Waals surface area contributed by atoms with Gasteiger partial charge in [0.2, 0.25) is 0 Å². The normalized spacial score (nSPS) is 21.2. The van der Waals surface area contributed by atoms with Gasteiger partial charge in [0.25, 0.3) is 0 Å². The van der Waals surface area contributed by atoms with E-state index in [1.54, 1.807) is 5.30 Å². The zero-order valence-electron chi connectivity index (χ0n) is 15.0. The van der Waals surface area contributed by atoms with Gasteiger partial charge < -0.3 is 11.6 Å². The van der Waals surface area contributed by atoms with Crippen molar-refractivity contribution in [2.75, 3.05) is 0 Å². The Morgan fingerprint density at radius 1 is 0.957 bits per heavy atom. The predicted molar refractivity (Wildman–Crippen MR) is 106 cm³/mol. The molecule has 0 saturated heterocycles. The second-order valence-corrected chi connectivity index (χ2v) is 13.0. The Hall–Kier alpha value is -0.0600. The summed E-state index contributed by atoms with van der Waals surface area (Å²) in [7, 11) is -1.38. The maximum Gasteiger partial charge on any atom is 0.0667 e. The first-order valence-corrected chi connectivity index (χ1v) is 11.9. The van der Waals surface area contributed by atoms with Crippen molar-refractivity contribution >= 4 is 24.2 Å². The lowest BCUT2D eigenvalue weighted by Gasteiger charge is -2.44. The van der Waals surface area contributed by atoms with Crippen LogP contribution in [0.15, 0.2) is 24.3 Å². The summed E-state index contributed by atoms with van der Waals surface area (Å²) in [6.45, 7) is 6.96. The van der Waals surface area contributed by atoms with Gasteiger partial charge in [-0.05, 0) is 74.5 Å². The molecule has 128 valence electrons. The molecule has 2 saturated carbocycles. The van der Waals surface area contributed by atoms with Gasteiger partial charge in [-0.3, -0.25) is 0 Å². The second-order valence-electron chi connectivity index (χ2n) is 8.61. The summed E-state index contributed by atoms with van der Waals surface area (Å²) in [5.74, 6) is 0. The minimum atomic E-state index is -1.38. The molecule has 0 aliphatic heterocycles. The molecule has 2 heteroatoms. The summed E-state index contributed by atoms with van der Waals surface area (Å²) in [4.78, 5) is 0. The molecule has 0 bridgehead atoms. The maximum absolute atomic E-state index is 6.71. The first-order chi connectivity index (χ1) is 11.0. The predicted octanol–water partition coefficient (Wildman–Crippen LogP) is 6.87. The van der Waals surface area contributed by atoms with Crippen LogP contribution in [-0.2, 0) is 5.41 Å². The number of halogens is 1. The van der Waals surface area contributed by atoms with Gasteiger partial charge in [-0.2, -0.15) is 0 Å². The van der Waals surface area contributed by atoms with Crippen LogP contribution >= 0.6 is 18.9 Å². The van der Waals surface area contributed by atoms with Gasteiger partial charge in [0.15, 0.2) is 0 Å². The van der Waals surface area contributed by atoms with Gasteiger partial charge in [-0.25, -0.2) is 0 Å². The van der Waals surface area contributed by atoms with Crippen molar-refractivity contribution in [2.24, 2.45) is 0 Å². The second kappa shape index (κ2) is 7.05. The molecule has 23 heavy (non-hydrogen) atoms. The van der Waals surface area contributed by atoms with Gasteiger partial charge >= 0.3 is 0 Å². The topological polar surface area (TPSA) is 0 Å². The van der Waals surface area contributed by atoms with Crippen LogP contribution < -0.4 is 5.30 Å². The highest BCUT2D eigenvalue weighted by Crippen LogP contribution is 2.75. The minimum Gasteiger partial charge on any atom is -0.304 e. The number of hydrogen-bond acceptors (Lipinski definition) is 0. The average Bonchev–Trinajstić information content (AvgIpc) is 3.22. The van der Waals surface area contributed by atoms with E-state index in [1.807, 2.05) is 0 Å². The van der Waals surface area contributed by atoms with Crippen LogP contribution in [0.5, 0.6) is 0 Å². The Balaban J connectivity index is 2.07. The summed E-state index contributed by atoms with van der Waals surface area (Å²) >= 11 is 6.71. The quantitative estimate of drug-likeness (QED) is 0.410. The van der Waals surface area contributed by atoms with Gasteiger partial charge in [0.05, 0.1) is 5.30 Å². The molecule has 0 spiro atoms. The smallest absolute Gasteiger partial charge is 0.0667 e. The van der Waals surface area contributed by atoms with Gasteiger partial charge in [-0.15, -0.1) is 0 Å². The van der Waals surface area contributed by atoms with Gasteiger partial charge in [-0.1, -0.05) is 45.8 Å². The monoisotopic (exact) mass is 350 g/mol. The lowest BCUT2D eigenvalue weighted by molar-refractivity contribution is 0.591. The molecule has 3 rings (SSSR count). The summed E-state index contributed by atoms with van der Waals surface area (Å²) in [5, 5.41) is 1.60. The fourth-order valence-corrected chi connectivity index (χ4v) is 11.1. The van der Waals surface area contributed by atoms with E-state index in [0.717, 1.165) is 11.3 Å². The van der Waals surface area contributed by atoms with Crippen molar-refractivity contribution in [3.8, 4) is 0 Å². The standard InChI is InChI=1S/C21H32ClP/c1-21(2,3)17-9-8-14-20(15-17)23(16-22,18-10-4-5-11-18)19-12-6-7-13-19/h8-9,14-16,18-19H,4-7,10-13H2,1-3H3. The van der Waals surface area contributed by atoms with Gasteiger partial charge in [0, 0.05) is 11.3 Å². The molecule has 2 aliphatic rings. The SMILES string of the molecule is CC(C)(C)c1cccc([P+]([CH-]Cl)(C2CCCC2)C2CCCC2)c1. The van der Waals surface area contributed by atoms with E-state index in [9.17, 15) is 0 Å². The fourth-order valence-electron chi connectivity index (χ4n) is 4.81. The highest BCUT2D eigenvalue weighted by Gasteiger charge is 2.48. The molecule has 0 unspecified atom stereocenters. The first-order valence-electron chi connectivity index (χ1n) is 9.42. The molecular weight excluding hydrogens is 319 g/mol. The van der Waals surface area contributed by atoms with Crippen LogP contribution in [0.25, 0.3) is 0 Å². The molecule has 0 heterocycles. The van der Waals surface area contributed by atoms with Gasteiger partial charge in [0.1, 0.15) is 0 Å². The summed E-state index contributed by atoms with van der Waals surface area (Å²) in [5.41, 5.74) is 5.56.